The molecular formula is C12H21N3O6. The summed E-state index contributed by atoms with van der Waals surface area (Å²) in [7, 11) is 0. The van der Waals surface area contributed by atoms with E-state index in [4.69, 9.17) is 9.84 Å². The van der Waals surface area contributed by atoms with Gasteiger partial charge in [-0.15, -0.1) is 5.53 Å². The number of hydrogen-bond acceptors (Lipinski definition) is 8. The molecule has 2 aliphatic rings. The quantitative estimate of drug-likeness (QED) is 0.337. The third-order valence-corrected chi connectivity index (χ3v) is 3.61. The number of aliphatic hydroxyl groups excluding tert-OH is 3. The van der Waals surface area contributed by atoms with Gasteiger partial charge in [-0.1, -0.05) is 13.3 Å². The number of allylic oxidation sites excluding steroid dienone is 1. The normalized spacial score (nSPS) is 36.3. The van der Waals surface area contributed by atoms with Crippen molar-refractivity contribution in [3.8, 4) is 0 Å². The Morgan fingerprint density at radius 1 is 1.33 bits per heavy atom. The highest BCUT2D eigenvalue weighted by Gasteiger charge is 2.47. The van der Waals surface area contributed by atoms with E-state index in [2.05, 4.69) is 11.0 Å². The van der Waals surface area contributed by atoms with Gasteiger partial charge >= 0.3 is 5.97 Å². The molecule has 5 unspecified atom stereocenters. The van der Waals surface area contributed by atoms with Crippen LogP contribution in [-0.2, 0) is 9.53 Å². The summed E-state index contributed by atoms with van der Waals surface area (Å²) >= 11 is 0. The van der Waals surface area contributed by atoms with E-state index >= 15 is 0 Å². The molecule has 1 fully saturated rings. The molecule has 0 spiro atoms. The minimum absolute atomic E-state index is 0.133. The van der Waals surface area contributed by atoms with Crippen molar-refractivity contribution >= 4 is 5.97 Å². The van der Waals surface area contributed by atoms with Gasteiger partial charge in [0.1, 0.15) is 24.4 Å². The van der Waals surface area contributed by atoms with Crippen molar-refractivity contribution in [1.29, 1.82) is 0 Å². The molecule has 2 heterocycles. The first-order chi connectivity index (χ1) is 9.95. The van der Waals surface area contributed by atoms with E-state index in [1.165, 1.54) is 0 Å². The van der Waals surface area contributed by atoms with Crippen LogP contribution in [0.3, 0.4) is 0 Å². The standard InChI is InChI=1S/C12H21N3O6/c1-2-3-6-4-13-14-15(6)5-7-8(16)9(17)10(18)11(21-7)12(19)20/h4,7-11,13-14,16-18H,2-3,5H2,1H3,(H,19,20). The van der Waals surface area contributed by atoms with Crippen LogP contribution in [0, 0.1) is 0 Å². The summed E-state index contributed by atoms with van der Waals surface area (Å²) in [5.74, 6) is -1.38. The summed E-state index contributed by atoms with van der Waals surface area (Å²) in [5.41, 5.74) is 6.58. The van der Waals surface area contributed by atoms with Crippen molar-refractivity contribution in [2.24, 2.45) is 0 Å². The zero-order valence-electron chi connectivity index (χ0n) is 11.6. The van der Waals surface area contributed by atoms with Gasteiger partial charge in [0.15, 0.2) is 6.10 Å². The summed E-state index contributed by atoms with van der Waals surface area (Å²) in [6, 6.07) is 0. The van der Waals surface area contributed by atoms with Crippen LogP contribution in [0.25, 0.3) is 0 Å². The zero-order valence-corrected chi connectivity index (χ0v) is 11.6. The van der Waals surface area contributed by atoms with Crippen LogP contribution >= 0.6 is 0 Å². The van der Waals surface area contributed by atoms with E-state index < -0.39 is 36.5 Å². The van der Waals surface area contributed by atoms with Crippen molar-refractivity contribution in [3.05, 3.63) is 11.9 Å². The van der Waals surface area contributed by atoms with Gasteiger partial charge in [-0.05, 0) is 6.42 Å². The molecule has 9 nitrogen and oxygen atoms in total. The Bertz CT molecular complexity index is 418. The number of carboxylic acids is 1. The molecular weight excluding hydrogens is 282 g/mol. The van der Waals surface area contributed by atoms with Gasteiger partial charge in [-0.25, -0.2) is 4.79 Å². The second kappa shape index (κ2) is 6.58. The number of hydrogen-bond donors (Lipinski definition) is 6. The maximum Gasteiger partial charge on any atom is 0.335 e. The molecule has 21 heavy (non-hydrogen) atoms. The van der Waals surface area contributed by atoms with E-state index in [1.807, 2.05) is 6.92 Å². The van der Waals surface area contributed by atoms with Gasteiger partial charge in [0.2, 0.25) is 0 Å². The molecule has 0 radical (unpaired) electrons. The third-order valence-electron chi connectivity index (χ3n) is 3.61. The lowest BCUT2D eigenvalue weighted by Gasteiger charge is -2.40. The molecule has 6 N–H and O–H groups in total. The molecule has 0 saturated carbocycles. The molecule has 1 saturated heterocycles. The molecule has 2 aliphatic heterocycles. The van der Waals surface area contributed by atoms with Crippen LogP contribution in [0.4, 0.5) is 0 Å². The molecule has 5 atom stereocenters. The number of aliphatic carboxylic acids is 1. The molecule has 0 aromatic heterocycles. The molecule has 0 aromatic rings. The van der Waals surface area contributed by atoms with Gasteiger partial charge in [-0.2, -0.15) is 0 Å². The Balaban J connectivity index is 2.04. The highest BCUT2D eigenvalue weighted by molar-refractivity contribution is 5.73. The lowest BCUT2D eigenvalue weighted by molar-refractivity contribution is -0.230. The fraction of sp³-hybridized carbons (Fsp3) is 0.750. The molecule has 120 valence electrons. The molecule has 0 aliphatic carbocycles. The van der Waals surface area contributed by atoms with Crippen molar-refractivity contribution in [3.63, 3.8) is 0 Å². The average Bonchev–Trinajstić information content (AvgIpc) is 2.87. The highest BCUT2D eigenvalue weighted by Crippen LogP contribution is 2.23. The predicted molar refractivity (Wildman–Crippen MR) is 70.3 cm³/mol. The number of nitrogens with one attached hydrogen (secondary N) is 2. The lowest BCUT2D eigenvalue weighted by Crippen LogP contribution is -2.62. The third kappa shape index (κ3) is 3.27. The van der Waals surface area contributed by atoms with Crippen LogP contribution in [-0.4, -0.2) is 68.5 Å². The zero-order chi connectivity index (χ0) is 15.6. The van der Waals surface area contributed by atoms with Crippen LogP contribution < -0.4 is 11.0 Å². The Kier molecular flexibility index (Phi) is 5.01. The summed E-state index contributed by atoms with van der Waals surface area (Å²) in [4.78, 5) is 11.0. The minimum Gasteiger partial charge on any atom is -0.479 e. The van der Waals surface area contributed by atoms with Crippen LogP contribution in [0.1, 0.15) is 19.8 Å². The number of hydrazine groups is 2. The second-order valence-corrected chi connectivity index (χ2v) is 5.16. The van der Waals surface area contributed by atoms with E-state index in [-0.39, 0.29) is 6.54 Å². The Hall–Kier alpha value is -1.39. The van der Waals surface area contributed by atoms with Gasteiger partial charge in [0.25, 0.3) is 0 Å². The van der Waals surface area contributed by atoms with Crippen LogP contribution in [0.15, 0.2) is 11.9 Å². The van der Waals surface area contributed by atoms with E-state index in [1.54, 1.807) is 11.2 Å². The second-order valence-electron chi connectivity index (χ2n) is 5.16. The topological polar surface area (TPSA) is 135 Å². The molecule has 0 aromatic carbocycles. The Morgan fingerprint density at radius 2 is 2.05 bits per heavy atom. The van der Waals surface area contributed by atoms with Crippen molar-refractivity contribution in [2.75, 3.05) is 6.54 Å². The summed E-state index contributed by atoms with van der Waals surface area (Å²) < 4.78 is 5.23. The van der Waals surface area contributed by atoms with Crippen molar-refractivity contribution in [1.82, 2.24) is 16.0 Å². The summed E-state index contributed by atoms with van der Waals surface area (Å²) in [5, 5.41) is 40.0. The monoisotopic (exact) mass is 303 g/mol. The first-order valence-corrected chi connectivity index (χ1v) is 6.86. The van der Waals surface area contributed by atoms with Gasteiger partial charge in [0, 0.05) is 11.9 Å². The lowest BCUT2D eigenvalue weighted by atomic mass is 9.94. The highest BCUT2D eigenvalue weighted by atomic mass is 16.6. The largest absolute Gasteiger partial charge is 0.479 e. The maximum atomic E-state index is 11.0. The smallest absolute Gasteiger partial charge is 0.335 e. The average molecular weight is 303 g/mol. The first-order valence-electron chi connectivity index (χ1n) is 6.86. The van der Waals surface area contributed by atoms with Crippen molar-refractivity contribution in [2.45, 2.75) is 50.3 Å². The fourth-order valence-electron chi connectivity index (χ4n) is 2.45. The Labute approximate surface area is 121 Å². The molecule has 0 bridgehead atoms. The van der Waals surface area contributed by atoms with Gasteiger partial charge in [-0.3, -0.25) is 5.01 Å². The summed E-state index contributed by atoms with van der Waals surface area (Å²) in [6.45, 7) is 2.15. The SMILES string of the molecule is CCCC1=CNNN1CC1OC(C(=O)O)C(O)C(O)C1O. The van der Waals surface area contributed by atoms with Gasteiger partial charge in [0.05, 0.1) is 6.54 Å². The van der Waals surface area contributed by atoms with Crippen LogP contribution in [0.5, 0.6) is 0 Å². The van der Waals surface area contributed by atoms with E-state index in [0.717, 1.165) is 18.5 Å². The molecule has 9 heteroatoms. The van der Waals surface area contributed by atoms with Gasteiger partial charge < -0.3 is 30.6 Å². The Morgan fingerprint density at radius 3 is 2.67 bits per heavy atom. The number of aliphatic hydroxyl groups is 3. The number of carboxylic acid groups (broad SMARTS) is 1. The van der Waals surface area contributed by atoms with E-state index in [0.29, 0.717) is 0 Å². The summed E-state index contributed by atoms with van der Waals surface area (Å²) in [6.07, 6.45) is -3.66. The minimum atomic E-state index is -1.66. The van der Waals surface area contributed by atoms with Crippen molar-refractivity contribution < 1.29 is 30.0 Å². The molecule has 0 amide bonds. The first kappa shape index (κ1) is 16.0. The number of carbonyl (C=O) groups is 1. The van der Waals surface area contributed by atoms with Crippen LogP contribution in [0.2, 0.25) is 0 Å². The fourth-order valence-corrected chi connectivity index (χ4v) is 2.45. The van der Waals surface area contributed by atoms with E-state index in [9.17, 15) is 20.1 Å². The molecule has 2 rings (SSSR count). The number of nitrogens with zero attached hydrogens (tertiary/aromatic N) is 1. The number of rotatable bonds is 5. The predicted octanol–water partition coefficient (Wildman–Crippen LogP) is -2.11. The maximum absolute atomic E-state index is 11.0. The number of ether oxygens (including phenoxy) is 1.